The van der Waals surface area contributed by atoms with Crippen LogP contribution in [-0.4, -0.2) is 36.7 Å². The number of carbonyl (C=O) groups excluding carboxylic acids is 1. The molecule has 2 heterocycles. The number of nitrogens with one attached hydrogen (secondary N) is 2. The molecule has 0 saturated heterocycles. The van der Waals surface area contributed by atoms with Crippen molar-refractivity contribution in [2.75, 3.05) is 5.32 Å². The number of halogens is 1. The zero-order chi connectivity index (χ0) is 16.6. The fourth-order valence-electron chi connectivity index (χ4n) is 2.01. The topological polar surface area (TPSA) is 113 Å². The number of amides is 1. The van der Waals surface area contributed by atoms with Gasteiger partial charge in [-0.1, -0.05) is 18.5 Å². The van der Waals surface area contributed by atoms with E-state index in [1.165, 1.54) is 17.1 Å². The van der Waals surface area contributed by atoms with Gasteiger partial charge >= 0.3 is 5.97 Å². The third-order valence-electron chi connectivity index (χ3n) is 3.20. The molecule has 2 aromatic heterocycles. The smallest absolute Gasteiger partial charge is 0.338 e. The van der Waals surface area contributed by atoms with E-state index in [0.29, 0.717) is 34.1 Å². The number of rotatable bonds is 4. The number of H-pyrrole nitrogens is 1. The van der Waals surface area contributed by atoms with Gasteiger partial charge in [0.05, 0.1) is 33.5 Å². The van der Waals surface area contributed by atoms with Crippen LogP contribution in [0.1, 0.15) is 23.7 Å². The van der Waals surface area contributed by atoms with Crippen molar-refractivity contribution in [2.24, 2.45) is 0 Å². The van der Waals surface area contributed by atoms with Gasteiger partial charge in [0, 0.05) is 12.6 Å². The molecule has 9 heteroatoms. The summed E-state index contributed by atoms with van der Waals surface area (Å²) < 4.78 is 1.32. The van der Waals surface area contributed by atoms with Gasteiger partial charge in [0.15, 0.2) is 0 Å². The lowest BCUT2D eigenvalue weighted by molar-refractivity contribution is -0.115. The van der Waals surface area contributed by atoms with E-state index in [1.54, 1.807) is 19.1 Å². The van der Waals surface area contributed by atoms with Gasteiger partial charge in [0.25, 0.3) is 0 Å². The summed E-state index contributed by atoms with van der Waals surface area (Å²) in [5, 5.41) is 15.9. The first-order valence-corrected chi connectivity index (χ1v) is 7.13. The summed E-state index contributed by atoms with van der Waals surface area (Å²) in [6.07, 6.45) is 2.92. The fourth-order valence-corrected chi connectivity index (χ4v) is 2.22. The Labute approximate surface area is 135 Å². The summed E-state index contributed by atoms with van der Waals surface area (Å²) in [6, 6.07) is 3.28. The minimum absolute atomic E-state index is 0.0550. The quantitative estimate of drug-likeness (QED) is 0.678. The van der Waals surface area contributed by atoms with Crippen LogP contribution in [0, 0.1) is 0 Å². The molecule has 0 aliphatic heterocycles. The van der Waals surface area contributed by atoms with Gasteiger partial charge in [-0.2, -0.15) is 5.10 Å². The van der Waals surface area contributed by atoms with Crippen LogP contribution in [0.4, 0.5) is 5.69 Å². The number of imidazole rings is 1. The Morgan fingerprint density at radius 3 is 2.87 bits per heavy atom. The fraction of sp³-hybridized carbons (Fsp3) is 0.143. The maximum atomic E-state index is 11.5. The number of carbonyl (C=O) groups is 2. The first-order chi connectivity index (χ1) is 11.0. The molecule has 3 N–H and O–H groups in total. The van der Waals surface area contributed by atoms with Crippen LogP contribution >= 0.6 is 11.6 Å². The molecule has 3 aromatic rings. The average Bonchev–Trinajstić information content (AvgIpc) is 3.13. The number of anilines is 1. The Morgan fingerprint density at radius 1 is 1.43 bits per heavy atom. The number of nitrogens with zero attached hydrogens (tertiary/aromatic N) is 3. The molecule has 0 unspecified atom stereocenters. The minimum atomic E-state index is -1.07. The highest BCUT2D eigenvalue weighted by atomic mass is 35.5. The van der Waals surface area contributed by atoms with Gasteiger partial charge in [-0.3, -0.25) is 4.79 Å². The number of carboxylic acid groups (broad SMARTS) is 1. The Kier molecular flexibility index (Phi) is 3.75. The Bertz CT molecular complexity index is 914. The van der Waals surface area contributed by atoms with Gasteiger partial charge in [0.1, 0.15) is 0 Å². The van der Waals surface area contributed by atoms with Gasteiger partial charge < -0.3 is 15.4 Å². The predicted octanol–water partition coefficient (Wildman–Crippen LogP) is 2.45. The lowest BCUT2D eigenvalue weighted by Gasteiger charge is -2.05. The standard InChI is InChI=1S/C14H12ClN5O3/c1-2-12(21)17-9-4-11-10(3-8(9)15)18-14(19-11)20-6-7(5-16-20)13(22)23/h3-6H,2H2,1H3,(H,17,21)(H,18,19)(H,22,23). The largest absolute Gasteiger partial charge is 0.478 e. The highest BCUT2D eigenvalue weighted by Gasteiger charge is 2.13. The van der Waals surface area contributed by atoms with E-state index >= 15 is 0 Å². The molecule has 1 amide bonds. The molecule has 0 fully saturated rings. The summed E-state index contributed by atoms with van der Waals surface area (Å²) in [5.74, 6) is -0.873. The summed E-state index contributed by atoms with van der Waals surface area (Å²) >= 11 is 6.14. The first kappa shape index (κ1) is 15.0. The monoisotopic (exact) mass is 333 g/mol. The average molecular weight is 334 g/mol. The minimum Gasteiger partial charge on any atom is -0.478 e. The second-order valence-electron chi connectivity index (χ2n) is 4.79. The molecule has 8 nitrogen and oxygen atoms in total. The number of aromatic carboxylic acids is 1. The number of benzene rings is 1. The van der Waals surface area contributed by atoms with Crippen LogP contribution < -0.4 is 5.32 Å². The van der Waals surface area contributed by atoms with E-state index in [0.717, 1.165) is 0 Å². The van der Waals surface area contributed by atoms with E-state index in [4.69, 9.17) is 16.7 Å². The summed E-state index contributed by atoms with van der Waals surface area (Å²) in [4.78, 5) is 29.7. The number of aromatic amines is 1. The van der Waals surface area contributed by atoms with Crippen molar-refractivity contribution in [1.29, 1.82) is 0 Å². The van der Waals surface area contributed by atoms with E-state index < -0.39 is 5.97 Å². The molecule has 0 spiro atoms. The van der Waals surface area contributed by atoms with Crippen LogP contribution in [-0.2, 0) is 4.79 Å². The van der Waals surface area contributed by atoms with Crippen LogP contribution in [0.2, 0.25) is 5.02 Å². The molecular weight excluding hydrogens is 322 g/mol. The first-order valence-electron chi connectivity index (χ1n) is 6.75. The zero-order valence-corrected chi connectivity index (χ0v) is 12.8. The van der Waals surface area contributed by atoms with Crippen molar-refractivity contribution < 1.29 is 14.7 Å². The lowest BCUT2D eigenvalue weighted by atomic mass is 10.2. The third kappa shape index (κ3) is 2.88. The molecule has 0 saturated carbocycles. The van der Waals surface area contributed by atoms with Crippen molar-refractivity contribution in [3.05, 3.63) is 35.1 Å². The number of carboxylic acids is 1. The predicted molar refractivity (Wildman–Crippen MR) is 84.1 cm³/mol. The molecule has 0 atom stereocenters. The normalized spacial score (nSPS) is 10.9. The Morgan fingerprint density at radius 2 is 2.22 bits per heavy atom. The molecule has 0 bridgehead atoms. The van der Waals surface area contributed by atoms with Crippen LogP contribution in [0.3, 0.4) is 0 Å². The highest BCUT2D eigenvalue weighted by molar-refractivity contribution is 6.34. The number of fused-ring (bicyclic) bond motifs is 1. The van der Waals surface area contributed by atoms with E-state index in [1.807, 2.05) is 0 Å². The molecule has 3 rings (SSSR count). The number of aromatic nitrogens is 4. The van der Waals surface area contributed by atoms with Crippen LogP contribution in [0.25, 0.3) is 17.0 Å². The van der Waals surface area contributed by atoms with Gasteiger partial charge in [-0.05, 0) is 12.1 Å². The number of hydrogen-bond acceptors (Lipinski definition) is 4. The van der Waals surface area contributed by atoms with Crippen LogP contribution in [0.15, 0.2) is 24.5 Å². The molecule has 0 aliphatic carbocycles. The second kappa shape index (κ2) is 5.73. The highest BCUT2D eigenvalue weighted by Crippen LogP contribution is 2.27. The summed E-state index contributed by atoms with van der Waals surface area (Å²) in [7, 11) is 0. The van der Waals surface area contributed by atoms with Gasteiger partial charge in [-0.25, -0.2) is 14.5 Å². The molecule has 0 aliphatic rings. The Hall–Kier alpha value is -2.87. The summed E-state index contributed by atoms with van der Waals surface area (Å²) in [5.41, 5.74) is 1.74. The number of hydrogen-bond donors (Lipinski definition) is 3. The van der Waals surface area contributed by atoms with E-state index in [2.05, 4.69) is 20.4 Å². The molecular formula is C14H12ClN5O3. The maximum Gasteiger partial charge on any atom is 0.338 e. The Balaban J connectivity index is 2.01. The van der Waals surface area contributed by atoms with Crippen molar-refractivity contribution in [2.45, 2.75) is 13.3 Å². The van der Waals surface area contributed by atoms with Crippen molar-refractivity contribution in [3.63, 3.8) is 0 Å². The maximum absolute atomic E-state index is 11.5. The molecule has 118 valence electrons. The molecule has 23 heavy (non-hydrogen) atoms. The van der Waals surface area contributed by atoms with E-state index in [-0.39, 0.29) is 11.5 Å². The third-order valence-corrected chi connectivity index (χ3v) is 3.51. The van der Waals surface area contributed by atoms with Crippen molar-refractivity contribution in [3.8, 4) is 5.95 Å². The van der Waals surface area contributed by atoms with Crippen molar-refractivity contribution >= 4 is 40.2 Å². The van der Waals surface area contributed by atoms with Gasteiger partial charge in [0.2, 0.25) is 11.9 Å². The second-order valence-corrected chi connectivity index (χ2v) is 5.20. The lowest BCUT2D eigenvalue weighted by Crippen LogP contribution is -2.09. The van der Waals surface area contributed by atoms with Gasteiger partial charge in [-0.15, -0.1) is 0 Å². The van der Waals surface area contributed by atoms with Crippen LogP contribution in [0.5, 0.6) is 0 Å². The molecule has 0 radical (unpaired) electrons. The molecule has 1 aromatic carbocycles. The van der Waals surface area contributed by atoms with Crippen molar-refractivity contribution in [1.82, 2.24) is 19.7 Å². The SMILES string of the molecule is CCC(=O)Nc1cc2nc(-n3cc(C(=O)O)cn3)[nH]c2cc1Cl. The summed E-state index contributed by atoms with van der Waals surface area (Å²) in [6.45, 7) is 1.74. The zero-order valence-electron chi connectivity index (χ0n) is 12.0. The van der Waals surface area contributed by atoms with E-state index in [9.17, 15) is 9.59 Å².